The van der Waals surface area contributed by atoms with Gasteiger partial charge >= 0.3 is 6.18 Å². The highest BCUT2D eigenvalue weighted by molar-refractivity contribution is 6.00. The third-order valence-electron chi connectivity index (χ3n) is 4.45. The van der Waals surface area contributed by atoms with Gasteiger partial charge in [-0.05, 0) is 36.0 Å². The number of nitrogens with zero attached hydrogens (tertiary/aromatic N) is 2. The lowest BCUT2D eigenvalue weighted by molar-refractivity contribution is -0.297. The van der Waals surface area contributed by atoms with Crippen LogP contribution in [0.25, 0.3) is 0 Å². The van der Waals surface area contributed by atoms with Crippen molar-refractivity contribution in [1.82, 2.24) is 5.01 Å². The zero-order valence-electron chi connectivity index (χ0n) is 15.3. The average molecular weight is 372 g/mol. The molecule has 0 bridgehead atoms. The fourth-order valence-corrected chi connectivity index (χ4v) is 2.88. The van der Waals surface area contributed by atoms with Crippen LogP contribution in [0.5, 0.6) is 5.75 Å². The van der Waals surface area contributed by atoms with E-state index in [0.717, 1.165) is 0 Å². The first-order valence-electron chi connectivity index (χ1n) is 8.34. The number of amides is 1. The summed E-state index contributed by atoms with van der Waals surface area (Å²) < 4.78 is 40.1. The molecule has 0 aliphatic carbocycles. The molecule has 0 fully saturated rings. The Labute approximate surface area is 150 Å². The van der Waals surface area contributed by atoms with Gasteiger partial charge in [-0.15, -0.1) is 0 Å². The number of aromatic hydroxyl groups is 1. The topological polar surface area (TPSA) is 73.1 Å². The van der Waals surface area contributed by atoms with Crippen molar-refractivity contribution in [3.63, 3.8) is 0 Å². The molecule has 1 amide bonds. The number of hydrogen-bond acceptors (Lipinski definition) is 4. The summed E-state index contributed by atoms with van der Waals surface area (Å²) in [4.78, 5) is 12.8. The van der Waals surface area contributed by atoms with E-state index in [-0.39, 0.29) is 28.1 Å². The molecule has 0 unspecified atom stereocenters. The predicted molar refractivity (Wildman–Crippen MR) is 91.2 cm³/mol. The molecular weight excluding hydrogens is 349 g/mol. The average Bonchev–Trinajstić information content (AvgIpc) is 2.82. The van der Waals surface area contributed by atoms with Crippen LogP contribution in [0, 0.1) is 0 Å². The summed E-state index contributed by atoms with van der Waals surface area (Å²) in [6.07, 6.45) is -5.92. The van der Waals surface area contributed by atoms with Gasteiger partial charge in [0.1, 0.15) is 5.75 Å². The molecule has 0 radical (unpaired) electrons. The zero-order chi connectivity index (χ0) is 20.0. The highest BCUT2D eigenvalue weighted by Crippen LogP contribution is 2.42. The highest BCUT2D eigenvalue weighted by atomic mass is 19.4. The van der Waals surface area contributed by atoms with Crippen molar-refractivity contribution in [2.75, 3.05) is 0 Å². The number of carbonyl (C=O) groups is 1. The van der Waals surface area contributed by atoms with Crippen LogP contribution in [-0.4, -0.2) is 38.7 Å². The van der Waals surface area contributed by atoms with E-state index in [2.05, 4.69) is 5.10 Å². The van der Waals surface area contributed by atoms with Crippen LogP contribution in [0.4, 0.5) is 13.2 Å². The van der Waals surface area contributed by atoms with Crippen LogP contribution in [0.2, 0.25) is 0 Å². The summed E-state index contributed by atoms with van der Waals surface area (Å²) in [7, 11) is 0. The standard InChI is InChI=1S/C18H23F3N2O3/c1-9(2)12-6-13(10(3)4)15(24)14(7-12)16(25)23-17(26,18(19,20)21)8-11(5)22-23/h6-7,9-10,24,26H,8H2,1-5H3/t17-/m0/s1. The summed E-state index contributed by atoms with van der Waals surface area (Å²) in [6.45, 7) is 8.65. The molecule has 2 rings (SSSR count). The second kappa shape index (κ2) is 6.57. The molecule has 144 valence electrons. The lowest BCUT2D eigenvalue weighted by Gasteiger charge is -2.33. The number of carbonyl (C=O) groups excluding carboxylic acids is 1. The number of phenols is 1. The van der Waals surface area contributed by atoms with Crippen molar-refractivity contribution in [3.05, 3.63) is 28.8 Å². The van der Waals surface area contributed by atoms with Crippen molar-refractivity contribution in [1.29, 1.82) is 0 Å². The van der Waals surface area contributed by atoms with Gasteiger partial charge in [0, 0.05) is 12.1 Å². The summed E-state index contributed by atoms with van der Waals surface area (Å²) in [5, 5.41) is 24.2. The Kier molecular flexibility index (Phi) is 5.11. The van der Waals surface area contributed by atoms with E-state index < -0.39 is 30.0 Å². The number of rotatable bonds is 3. The Morgan fingerprint density at radius 1 is 1.23 bits per heavy atom. The van der Waals surface area contributed by atoms with E-state index in [9.17, 15) is 28.2 Å². The molecule has 0 saturated heterocycles. The fourth-order valence-electron chi connectivity index (χ4n) is 2.88. The van der Waals surface area contributed by atoms with E-state index >= 15 is 0 Å². The quantitative estimate of drug-likeness (QED) is 0.839. The third-order valence-corrected chi connectivity index (χ3v) is 4.45. The molecule has 1 aliphatic heterocycles. The van der Waals surface area contributed by atoms with Gasteiger partial charge in [0.05, 0.1) is 5.56 Å². The molecule has 0 spiro atoms. The lowest BCUT2D eigenvalue weighted by atomic mass is 9.91. The fraction of sp³-hybridized carbons (Fsp3) is 0.556. The maximum Gasteiger partial charge on any atom is 0.438 e. The molecule has 1 aromatic rings. The number of aliphatic hydroxyl groups is 1. The van der Waals surface area contributed by atoms with Crippen molar-refractivity contribution < 1.29 is 28.2 Å². The van der Waals surface area contributed by atoms with Crippen molar-refractivity contribution in [2.45, 2.75) is 64.8 Å². The maximum absolute atomic E-state index is 13.4. The largest absolute Gasteiger partial charge is 0.507 e. The minimum atomic E-state index is -5.09. The van der Waals surface area contributed by atoms with Gasteiger partial charge in [-0.25, -0.2) is 0 Å². The van der Waals surface area contributed by atoms with Gasteiger partial charge in [0.25, 0.3) is 11.6 Å². The van der Waals surface area contributed by atoms with Gasteiger partial charge in [0.15, 0.2) is 0 Å². The molecule has 8 heteroatoms. The SMILES string of the molecule is CC1=NN(C(=O)c2cc(C(C)C)cc(C(C)C)c2O)[C@@](O)(C(F)(F)F)C1. The predicted octanol–water partition coefficient (Wildman–Crippen LogP) is 4.11. The summed E-state index contributed by atoms with van der Waals surface area (Å²) >= 11 is 0. The minimum Gasteiger partial charge on any atom is -0.507 e. The molecule has 1 aromatic carbocycles. The number of benzene rings is 1. The van der Waals surface area contributed by atoms with Crippen LogP contribution in [0.1, 0.15) is 74.4 Å². The highest BCUT2D eigenvalue weighted by Gasteiger charge is 2.63. The van der Waals surface area contributed by atoms with Gasteiger partial charge in [-0.1, -0.05) is 33.8 Å². The molecule has 1 heterocycles. The van der Waals surface area contributed by atoms with E-state index in [1.54, 1.807) is 19.9 Å². The minimum absolute atomic E-state index is 0.00929. The summed E-state index contributed by atoms with van der Waals surface area (Å²) in [5.41, 5.74) is -2.60. The Morgan fingerprint density at radius 3 is 2.27 bits per heavy atom. The molecule has 0 saturated carbocycles. The van der Waals surface area contributed by atoms with Crippen LogP contribution < -0.4 is 0 Å². The molecule has 0 aromatic heterocycles. The van der Waals surface area contributed by atoms with E-state index in [0.29, 0.717) is 11.1 Å². The number of hydrazone groups is 1. The van der Waals surface area contributed by atoms with Gasteiger partial charge < -0.3 is 10.2 Å². The number of halogens is 3. The Balaban J connectivity index is 2.62. The summed E-state index contributed by atoms with van der Waals surface area (Å²) in [6, 6.07) is 3.09. The first-order valence-corrected chi connectivity index (χ1v) is 8.34. The van der Waals surface area contributed by atoms with Gasteiger partial charge in [-0.3, -0.25) is 4.79 Å². The van der Waals surface area contributed by atoms with Crippen LogP contribution in [0.3, 0.4) is 0 Å². The van der Waals surface area contributed by atoms with E-state index in [4.69, 9.17) is 0 Å². The monoisotopic (exact) mass is 372 g/mol. The molecule has 26 heavy (non-hydrogen) atoms. The van der Waals surface area contributed by atoms with Crippen molar-refractivity contribution in [2.24, 2.45) is 5.10 Å². The second-order valence-corrected chi connectivity index (χ2v) is 7.26. The van der Waals surface area contributed by atoms with E-state index in [1.807, 2.05) is 13.8 Å². The third kappa shape index (κ3) is 3.30. The zero-order valence-corrected chi connectivity index (χ0v) is 15.3. The van der Waals surface area contributed by atoms with Crippen molar-refractivity contribution in [3.8, 4) is 5.75 Å². The molecular formula is C18H23F3N2O3. The second-order valence-electron chi connectivity index (χ2n) is 7.26. The van der Waals surface area contributed by atoms with Crippen LogP contribution in [0.15, 0.2) is 17.2 Å². The Morgan fingerprint density at radius 2 is 1.81 bits per heavy atom. The Bertz CT molecular complexity index is 757. The van der Waals surface area contributed by atoms with Crippen LogP contribution >= 0.6 is 0 Å². The molecule has 2 N–H and O–H groups in total. The lowest BCUT2D eigenvalue weighted by Crippen LogP contribution is -2.56. The molecule has 1 atom stereocenters. The van der Waals surface area contributed by atoms with E-state index in [1.165, 1.54) is 13.0 Å². The maximum atomic E-state index is 13.4. The smallest absolute Gasteiger partial charge is 0.438 e. The van der Waals surface area contributed by atoms with Crippen LogP contribution in [-0.2, 0) is 0 Å². The summed E-state index contributed by atoms with van der Waals surface area (Å²) in [5.74, 6) is -1.74. The molecule has 1 aliphatic rings. The Hall–Kier alpha value is -2.09. The molecule has 5 nitrogen and oxygen atoms in total. The first-order chi connectivity index (χ1) is 11.8. The number of hydrogen-bond donors (Lipinski definition) is 2. The number of phenolic OH excluding ortho intramolecular Hbond substituents is 1. The first kappa shape index (κ1) is 20.2. The number of alkyl halides is 3. The van der Waals surface area contributed by atoms with Gasteiger partial charge in [0.2, 0.25) is 0 Å². The van der Waals surface area contributed by atoms with Crippen molar-refractivity contribution >= 4 is 11.6 Å². The normalized spacial score (nSPS) is 20.9. The van der Waals surface area contributed by atoms with Gasteiger partial charge in [-0.2, -0.15) is 23.3 Å².